The molecule has 1 unspecified atom stereocenters. The summed E-state index contributed by atoms with van der Waals surface area (Å²) in [4.78, 5) is 20.6. The van der Waals surface area contributed by atoms with Crippen molar-refractivity contribution in [2.75, 3.05) is 39.4 Å². The van der Waals surface area contributed by atoms with Crippen molar-refractivity contribution in [3.8, 4) is 0 Å². The SMILES string of the molecule is CCC(C)NC(=S)N(CCCN1CCOCC1)Cc1cc2c(C)ccc(C)c2[nH]c1=O. The van der Waals surface area contributed by atoms with Crippen molar-refractivity contribution in [3.63, 3.8) is 0 Å². The first-order chi connectivity index (χ1) is 14.9. The monoisotopic (exact) mass is 444 g/mol. The number of hydrogen-bond donors (Lipinski definition) is 2. The molecule has 0 spiro atoms. The van der Waals surface area contributed by atoms with E-state index < -0.39 is 0 Å². The second-order valence-corrected chi connectivity index (χ2v) is 8.99. The van der Waals surface area contributed by atoms with Crippen LogP contribution < -0.4 is 10.9 Å². The summed E-state index contributed by atoms with van der Waals surface area (Å²) in [6.07, 6.45) is 1.99. The van der Waals surface area contributed by atoms with Gasteiger partial charge in [-0.05, 0) is 63.0 Å². The van der Waals surface area contributed by atoms with Gasteiger partial charge in [0.2, 0.25) is 0 Å². The van der Waals surface area contributed by atoms with E-state index in [0.717, 1.165) is 84.9 Å². The molecule has 0 radical (unpaired) electrons. The van der Waals surface area contributed by atoms with Crippen LogP contribution in [0.3, 0.4) is 0 Å². The van der Waals surface area contributed by atoms with Gasteiger partial charge in [-0.15, -0.1) is 0 Å². The predicted octanol–water partition coefficient (Wildman–Crippen LogP) is 3.34. The van der Waals surface area contributed by atoms with Crippen molar-refractivity contribution in [1.29, 1.82) is 0 Å². The third-order valence-corrected chi connectivity index (χ3v) is 6.53. The number of benzene rings is 1. The van der Waals surface area contributed by atoms with Crippen molar-refractivity contribution in [2.45, 2.75) is 53.1 Å². The van der Waals surface area contributed by atoms with Crippen LogP contribution in [0, 0.1) is 13.8 Å². The number of ether oxygens (including phenoxy) is 1. The smallest absolute Gasteiger partial charge is 0.253 e. The Hall–Kier alpha value is -1.96. The molecule has 31 heavy (non-hydrogen) atoms. The Morgan fingerprint density at radius 2 is 2.00 bits per heavy atom. The molecule has 0 bridgehead atoms. The highest BCUT2D eigenvalue weighted by Crippen LogP contribution is 2.20. The van der Waals surface area contributed by atoms with Gasteiger partial charge in [0.1, 0.15) is 0 Å². The summed E-state index contributed by atoms with van der Waals surface area (Å²) in [6, 6.07) is 6.50. The average Bonchev–Trinajstić information content (AvgIpc) is 2.77. The Balaban J connectivity index is 1.78. The number of thiocarbonyl (C=S) groups is 1. The number of hydrogen-bond acceptors (Lipinski definition) is 4. The van der Waals surface area contributed by atoms with Gasteiger partial charge in [0.05, 0.1) is 25.3 Å². The Morgan fingerprint density at radius 3 is 2.71 bits per heavy atom. The highest BCUT2D eigenvalue weighted by molar-refractivity contribution is 7.80. The number of H-pyrrole nitrogens is 1. The summed E-state index contributed by atoms with van der Waals surface area (Å²) < 4.78 is 5.45. The molecule has 1 atom stereocenters. The van der Waals surface area contributed by atoms with Gasteiger partial charge in [-0.3, -0.25) is 9.69 Å². The normalized spacial score (nSPS) is 15.7. The van der Waals surface area contributed by atoms with Crippen LogP contribution in [0.5, 0.6) is 0 Å². The minimum Gasteiger partial charge on any atom is -0.379 e. The van der Waals surface area contributed by atoms with E-state index in [2.05, 4.69) is 53.0 Å². The Morgan fingerprint density at radius 1 is 1.29 bits per heavy atom. The van der Waals surface area contributed by atoms with Crippen LogP contribution in [0.2, 0.25) is 0 Å². The summed E-state index contributed by atoms with van der Waals surface area (Å²) >= 11 is 5.74. The summed E-state index contributed by atoms with van der Waals surface area (Å²) in [5, 5.41) is 5.25. The predicted molar refractivity (Wildman–Crippen MR) is 132 cm³/mol. The summed E-state index contributed by atoms with van der Waals surface area (Å²) in [5.74, 6) is 0. The van der Waals surface area contributed by atoms with Gasteiger partial charge in [-0.25, -0.2) is 0 Å². The molecule has 1 aromatic heterocycles. The summed E-state index contributed by atoms with van der Waals surface area (Å²) in [5.41, 5.74) is 3.89. The van der Waals surface area contributed by atoms with E-state index >= 15 is 0 Å². The molecular formula is C24H36N4O2S. The number of aromatic nitrogens is 1. The molecule has 0 amide bonds. The van der Waals surface area contributed by atoms with Gasteiger partial charge >= 0.3 is 0 Å². The van der Waals surface area contributed by atoms with E-state index in [4.69, 9.17) is 17.0 Å². The largest absolute Gasteiger partial charge is 0.379 e. The van der Waals surface area contributed by atoms with E-state index in [1.807, 2.05) is 13.0 Å². The molecule has 1 saturated heterocycles. The van der Waals surface area contributed by atoms with Gasteiger partial charge < -0.3 is 19.9 Å². The maximum atomic E-state index is 12.9. The first-order valence-electron chi connectivity index (χ1n) is 11.4. The average molecular weight is 445 g/mol. The molecule has 3 rings (SSSR count). The topological polar surface area (TPSA) is 60.6 Å². The van der Waals surface area contributed by atoms with Crippen molar-refractivity contribution >= 4 is 28.2 Å². The van der Waals surface area contributed by atoms with E-state index in [1.54, 1.807) is 0 Å². The van der Waals surface area contributed by atoms with Crippen LogP contribution in [0.4, 0.5) is 0 Å². The minimum atomic E-state index is -0.0364. The molecule has 0 saturated carbocycles. The van der Waals surface area contributed by atoms with Gasteiger partial charge in [-0.1, -0.05) is 19.1 Å². The highest BCUT2D eigenvalue weighted by Gasteiger charge is 2.17. The van der Waals surface area contributed by atoms with E-state index in [1.165, 1.54) is 0 Å². The van der Waals surface area contributed by atoms with Crippen molar-refractivity contribution in [1.82, 2.24) is 20.1 Å². The van der Waals surface area contributed by atoms with Crippen molar-refractivity contribution in [3.05, 3.63) is 45.2 Å². The minimum absolute atomic E-state index is 0.0364. The summed E-state index contributed by atoms with van der Waals surface area (Å²) in [6.45, 7) is 14.3. The van der Waals surface area contributed by atoms with Crippen LogP contribution in [-0.4, -0.2) is 65.3 Å². The second kappa shape index (κ2) is 11.1. The lowest BCUT2D eigenvalue weighted by atomic mass is 10.0. The van der Waals surface area contributed by atoms with Crippen LogP contribution in [0.15, 0.2) is 23.0 Å². The van der Waals surface area contributed by atoms with Gasteiger partial charge in [0.15, 0.2) is 5.11 Å². The number of morpholine rings is 1. The number of nitrogens with zero attached hydrogens (tertiary/aromatic N) is 2. The molecule has 7 heteroatoms. The van der Waals surface area contributed by atoms with Crippen LogP contribution in [-0.2, 0) is 11.3 Å². The Bertz CT molecular complexity index is 952. The van der Waals surface area contributed by atoms with Crippen LogP contribution in [0.1, 0.15) is 43.4 Å². The zero-order valence-corrected chi connectivity index (χ0v) is 20.1. The molecule has 6 nitrogen and oxygen atoms in total. The fourth-order valence-electron chi connectivity index (χ4n) is 3.91. The molecular weight excluding hydrogens is 408 g/mol. The standard InChI is InChI=1S/C24H36N4O2S/c1-5-19(4)25-24(31)28(10-6-9-27-11-13-30-14-12-27)16-20-15-21-17(2)7-8-18(3)22(21)26-23(20)29/h7-8,15,19H,5-6,9-14,16H2,1-4H3,(H,25,31)(H,26,29). The summed E-state index contributed by atoms with van der Waals surface area (Å²) in [7, 11) is 0. The molecule has 0 aliphatic carbocycles. The first kappa shape index (κ1) is 23.7. The molecule has 2 heterocycles. The van der Waals surface area contributed by atoms with Gasteiger partial charge in [0, 0.05) is 43.2 Å². The number of rotatable bonds is 8. The van der Waals surface area contributed by atoms with Gasteiger partial charge in [-0.2, -0.15) is 0 Å². The fourth-order valence-corrected chi connectivity index (χ4v) is 4.26. The lowest BCUT2D eigenvalue weighted by molar-refractivity contribution is 0.0367. The van der Waals surface area contributed by atoms with E-state index in [-0.39, 0.29) is 5.56 Å². The number of aryl methyl sites for hydroxylation is 2. The third-order valence-electron chi connectivity index (χ3n) is 6.16. The Labute approximate surface area is 191 Å². The number of aromatic amines is 1. The molecule has 1 fully saturated rings. The molecule has 1 aromatic carbocycles. The Kier molecular flexibility index (Phi) is 8.46. The fraction of sp³-hybridized carbons (Fsp3) is 0.583. The highest BCUT2D eigenvalue weighted by atomic mass is 32.1. The number of pyridine rings is 1. The van der Waals surface area contributed by atoms with Crippen molar-refractivity contribution in [2.24, 2.45) is 0 Å². The van der Waals surface area contributed by atoms with Crippen LogP contribution in [0.25, 0.3) is 10.9 Å². The molecule has 170 valence electrons. The van der Waals surface area contributed by atoms with E-state index in [0.29, 0.717) is 12.6 Å². The lowest BCUT2D eigenvalue weighted by Gasteiger charge is -2.30. The molecule has 1 aliphatic rings. The molecule has 2 aromatic rings. The van der Waals surface area contributed by atoms with Gasteiger partial charge in [0.25, 0.3) is 5.56 Å². The lowest BCUT2D eigenvalue weighted by Crippen LogP contribution is -2.45. The zero-order valence-electron chi connectivity index (χ0n) is 19.3. The second-order valence-electron chi connectivity index (χ2n) is 8.60. The maximum absolute atomic E-state index is 12.9. The maximum Gasteiger partial charge on any atom is 0.253 e. The molecule has 1 aliphatic heterocycles. The van der Waals surface area contributed by atoms with Crippen LogP contribution >= 0.6 is 12.2 Å². The quantitative estimate of drug-likeness (QED) is 0.609. The third kappa shape index (κ3) is 6.28. The zero-order chi connectivity index (χ0) is 22.4. The van der Waals surface area contributed by atoms with E-state index in [9.17, 15) is 4.79 Å². The van der Waals surface area contributed by atoms with Crippen molar-refractivity contribution < 1.29 is 4.74 Å². The molecule has 2 N–H and O–H groups in total. The first-order valence-corrected chi connectivity index (χ1v) is 11.8. The number of nitrogens with one attached hydrogen (secondary N) is 2. The number of fused-ring (bicyclic) bond motifs is 1.